The molecule has 0 unspecified atom stereocenters. The summed E-state index contributed by atoms with van der Waals surface area (Å²) in [6.45, 7) is 1.79. The number of nitrogens with zero attached hydrogens (tertiary/aromatic N) is 2. The predicted molar refractivity (Wildman–Crippen MR) is 129 cm³/mol. The maximum Gasteiger partial charge on any atom is 0.271 e. The van der Waals surface area contributed by atoms with Crippen LogP contribution in [-0.2, 0) is 0 Å². The number of hydrogen-bond acceptors (Lipinski definition) is 5. The number of benzene rings is 2. The van der Waals surface area contributed by atoms with Gasteiger partial charge in [0.25, 0.3) is 11.5 Å². The lowest BCUT2D eigenvalue weighted by Gasteiger charge is -2.14. The highest BCUT2D eigenvalue weighted by Crippen LogP contribution is 2.33. The minimum absolute atomic E-state index is 0.0540. The number of carbonyl (C=O) groups excluding carboxylic acids is 1. The summed E-state index contributed by atoms with van der Waals surface area (Å²) >= 11 is 3.20. The van der Waals surface area contributed by atoms with Gasteiger partial charge in [0, 0.05) is 42.5 Å². The number of halogens is 4. The summed E-state index contributed by atoms with van der Waals surface area (Å²) in [7, 11) is 0. The monoisotopic (exact) mass is 559 g/mol. The lowest BCUT2D eigenvalue weighted by molar-refractivity contribution is 0.102. The first kappa shape index (κ1) is 25.0. The van der Waals surface area contributed by atoms with Gasteiger partial charge >= 0.3 is 0 Å². The van der Waals surface area contributed by atoms with E-state index in [9.17, 15) is 22.8 Å². The molecule has 0 radical (unpaired) electrons. The van der Waals surface area contributed by atoms with Gasteiger partial charge in [0.05, 0.1) is 16.8 Å². The maximum absolute atomic E-state index is 14.8. The summed E-state index contributed by atoms with van der Waals surface area (Å²) in [6.07, 6.45) is 4.20. The number of nitrogens with one attached hydrogen (secondary N) is 1. The van der Waals surface area contributed by atoms with E-state index in [0.717, 1.165) is 28.8 Å². The minimum atomic E-state index is -1.02. The molecule has 0 aliphatic carbocycles. The topological polar surface area (TPSA) is 82.5 Å². The highest BCUT2D eigenvalue weighted by molar-refractivity contribution is 9.10. The summed E-state index contributed by atoms with van der Waals surface area (Å²) in [5.74, 6) is -3.77. The van der Waals surface area contributed by atoms with E-state index < -0.39 is 45.9 Å². The van der Waals surface area contributed by atoms with Crippen molar-refractivity contribution in [2.75, 3.05) is 11.9 Å². The molecule has 0 spiro atoms. The molecule has 2 aromatic carbocycles. The first-order chi connectivity index (χ1) is 17.3. The first-order valence-electron chi connectivity index (χ1n) is 10.5. The van der Waals surface area contributed by atoms with Crippen molar-refractivity contribution in [1.82, 2.24) is 9.55 Å². The van der Waals surface area contributed by atoms with Crippen molar-refractivity contribution in [3.63, 3.8) is 0 Å². The average Bonchev–Trinajstić information content (AvgIpc) is 2.84. The summed E-state index contributed by atoms with van der Waals surface area (Å²) in [4.78, 5) is 30.1. The zero-order chi connectivity index (χ0) is 25.8. The highest BCUT2D eigenvalue weighted by Gasteiger charge is 2.22. The van der Waals surface area contributed by atoms with Gasteiger partial charge in [-0.1, -0.05) is 0 Å². The number of pyridine rings is 2. The van der Waals surface area contributed by atoms with Crippen LogP contribution in [0.1, 0.15) is 17.3 Å². The summed E-state index contributed by atoms with van der Waals surface area (Å²) < 4.78 is 55.1. The molecular formula is C25H17BrF3N3O4. The Kier molecular flexibility index (Phi) is 7.39. The van der Waals surface area contributed by atoms with Gasteiger partial charge in [-0.3, -0.25) is 19.1 Å². The molecule has 0 saturated carbocycles. The van der Waals surface area contributed by atoms with Crippen LogP contribution >= 0.6 is 15.9 Å². The Hall–Kier alpha value is -4.12. The number of rotatable bonds is 7. The van der Waals surface area contributed by atoms with E-state index in [1.54, 1.807) is 6.92 Å². The molecule has 0 fully saturated rings. The first-order valence-corrected chi connectivity index (χ1v) is 11.3. The van der Waals surface area contributed by atoms with Crippen LogP contribution in [0.4, 0.5) is 18.9 Å². The van der Waals surface area contributed by atoms with E-state index in [1.165, 1.54) is 42.9 Å². The number of hydrogen-bond donors (Lipinski definition) is 1. The summed E-state index contributed by atoms with van der Waals surface area (Å²) in [5.41, 5.74) is -1.46. The molecule has 0 aliphatic heterocycles. The Morgan fingerprint density at radius 3 is 2.47 bits per heavy atom. The molecule has 4 rings (SSSR count). The van der Waals surface area contributed by atoms with Crippen molar-refractivity contribution in [3.8, 4) is 22.9 Å². The molecule has 0 saturated heterocycles. The Balaban J connectivity index is 1.67. The molecule has 4 aromatic rings. The fraction of sp³-hybridized carbons (Fsp3) is 0.0800. The normalized spacial score (nSPS) is 10.7. The third-order valence-electron chi connectivity index (χ3n) is 4.91. The number of anilines is 1. The largest absolute Gasteiger partial charge is 0.493 e. The number of aromatic nitrogens is 2. The Labute approximate surface area is 211 Å². The fourth-order valence-electron chi connectivity index (χ4n) is 3.26. The van der Waals surface area contributed by atoms with E-state index in [4.69, 9.17) is 9.47 Å². The van der Waals surface area contributed by atoms with Crippen molar-refractivity contribution < 1.29 is 27.4 Å². The SMILES string of the molecule is CCOc1ccn(-c2ccc(F)cc2)c(=O)c1C(=O)Nc1cc(F)c(Oc2ccncc2Br)cc1F. The minimum Gasteiger partial charge on any atom is -0.493 e. The van der Waals surface area contributed by atoms with Crippen LogP contribution in [0.5, 0.6) is 17.2 Å². The van der Waals surface area contributed by atoms with Gasteiger partial charge in [0.2, 0.25) is 0 Å². The lowest BCUT2D eigenvalue weighted by atomic mass is 10.2. The standard InChI is InChI=1S/C25H17BrF3N3O4/c1-2-35-21-8-10-32(15-5-3-14(27)4-6-15)25(34)23(21)24(33)31-19-11-18(29)22(12-17(19)28)36-20-7-9-30-13-16(20)26/h3-13H,2H2,1H3,(H,31,33). The summed E-state index contributed by atoms with van der Waals surface area (Å²) in [6, 6.07) is 9.36. The maximum atomic E-state index is 14.8. The molecule has 0 atom stereocenters. The Morgan fingerprint density at radius 2 is 1.78 bits per heavy atom. The Bertz CT molecular complexity index is 1490. The molecule has 0 aliphatic rings. The Morgan fingerprint density at radius 1 is 1.03 bits per heavy atom. The molecule has 36 heavy (non-hydrogen) atoms. The van der Waals surface area contributed by atoms with Gasteiger partial charge in [0.1, 0.15) is 22.9 Å². The van der Waals surface area contributed by atoms with Crippen LogP contribution in [0, 0.1) is 17.5 Å². The van der Waals surface area contributed by atoms with E-state index in [1.807, 2.05) is 0 Å². The third-order valence-corrected chi connectivity index (χ3v) is 5.51. The van der Waals surface area contributed by atoms with Crippen molar-refractivity contribution >= 4 is 27.5 Å². The van der Waals surface area contributed by atoms with Crippen LogP contribution in [-0.4, -0.2) is 22.1 Å². The molecule has 2 heterocycles. The second-order valence-electron chi connectivity index (χ2n) is 7.26. The second kappa shape index (κ2) is 10.6. The molecular weight excluding hydrogens is 543 g/mol. The van der Waals surface area contributed by atoms with Crippen LogP contribution < -0.4 is 20.3 Å². The van der Waals surface area contributed by atoms with Crippen LogP contribution in [0.2, 0.25) is 0 Å². The van der Waals surface area contributed by atoms with Crippen LogP contribution in [0.15, 0.2) is 76.4 Å². The van der Waals surface area contributed by atoms with Crippen LogP contribution in [0.25, 0.3) is 5.69 Å². The van der Waals surface area contributed by atoms with Crippen LogP contribution in [0.3, 0.4) is 0 Å². The average molecular weight is 560 g/mol. The summed E-state index contributed by atoms with van der Waals surface area (Å²) in [5, 5.41) is 2.22. The van der Waals surface area contributed by atoms with Gasteiger partial charge < -0.3 is 14.8 Å². The molecule has 0 bridgehead atoms. The number of amides is 1. The van der Waals surface area contributed by atoms with E-state index in [-0.39, 0.29) is 18.1 Å². The van der Waals surface area contributed by atoms with Gasteiger partial charge in [-0.15, -0.1) is 0 Å². The van der Waals surface area contributed by atoms with Gasteiger partial charge in [-0.05, 0) is 53.2 Å². The van der Waals surface area contributed by atoms with Gasteiger partial charge in [0.15, 0.2) is 17.4 Å². The predicted octanol–water partition coefficient (Wildman–Crippen LogP) is 5.86. The molecule has 7 nitrogen and oxygen atoms in total. The zero-order valence-electron chi connectivity index (χ0n) is 18.6. The zero-order valence-corrected chi connectivity index (χ0v) is 20.2. The van der Waals surface area contributed by atoms with E-state index >= 15 is 0 Å². The van der Waals surface area contributed by atoms with E-state index in [2.05, 4.69) is 26.2 Å². The quantitative estimate of drug-likeness (QED) is 0.307. The molecule has 184 valence electrons. The number of carbonyl (C=O) groups is 1. The van der Waals surface area contributed by atoms with Crippen molar-refractivity contribution in [2.24, 2.45) is 0 Å². The van der Waals surface area contributed by atoms with Crippen molar-refractivity contribution in [3.05, 3.63) is 105 Å². The van der Waals surface area contributed by atoms with Crippen molar-refractivity contribution in [1.29, 1.82) is 0 Å². The van der Waals surface area contributed by atoms with Gasteiger partial charge in [-0.2, -0.15) is 0 Å². The van der Waals surface area contributed by atoms with Crippen molar-refractivity contribution in [2.45, 2.75) is 6.92 Å². The number of ether oxygens (including phenoxy) is 2. The molecule has 1 amide bonds. The van der Waals surface area contributed by atoms with Gasteiger partial charge in [-0.25, -0.2) is 13.2 Å². The highest BCUT2D eigenvalue weighted by atomic mass is 79.9. The lowest BCUT2D eigenvalue weighted by Crippen LogP contribution is -2.29. The smallest absolute Gasteiger partial charge is 0.271 e. The second-order valence-corrected chi connectivity index (χ2v) is 8.12. The molecule has 2 aromatic heterocycles. The molecule has 1 N–H and O–H groups in total. The fourth-order valence-corrected chi connectivity index (χ4v) is 3.59. The third kappa shape index (κ3) is 5.25. The molecule has 11 heteroatoms. The van der Waals surface area contributed by atoms with E-state index in [0.29, 0.717) is 10.2 Å².